The molecule has 0 saturated carbocycles. The number of hydrogen-bond acceptors (Lipinski definition) is 10. The molecule has 14 heteroatoms. The molecule has 1 unspecified atom stereocenters. The van der Waals surface area contributed by atoms with E-state index in [4.69, 9.17) is 14.6 Å². The van der Waals surface area contributed by atoms with Crippen molar-refractivity contribution in [3.63, 3.8) is 0 Å². The minimum atomic E-state index is -0.959. The van der Waals surface area contributed by atoms with Gasteiger partial charge in [-0.25, -0.2) is 14.6 Å². The number of unbranched alkanes of at least 4 members (excludes halogenated alkanes) is 1. The van der Waals surface area contributed by atoms with Crippen LogP contribution in [-0.2, 0) is 32.0 Å². The number of nitrogens with zero attached hydrogens (tertiary/aromatic N) is 3. The molecular weight excluding hydrogens is 682 g/mol. The van der Waals surface area contributed by atoms with Crippen molar-refractivity contribution in [2.45, 2.75) is 91.0 Å². The van der Waals surface area contributed by atoms with Gasteiger partial charge in [-0.1, -0.05) is 36.4 Å². The number of carbonyl (C=O) groups excluding carboxylic acids is 3. The molecule has 4 aromatic rings. The lowest BCUT2D eigenvalue weighted by molar-refractivity contribution is -0.384. The first-order chi connectivity index (χ1) is 24.9. The van der Waals surface area contributed by atoms with Crippen molar-refractivity contribution in [1.82, 2.24) is 10.3 Å². The van der Waals surface area contributed by atoms with Crippen LogP contribution in [0.25, 0.3) is 10.8 Å². The Bertz CT molecular complexity index is 1940. The third-order valence-electron chi connectivity index (χ3n) is 7.69. The van der Waals surface area contributed by atoms with E-state index < -0.39 is 46.2 Å². The SMILES string of the molecule is CC(C)(C)OC(=O)N(C(=O)OC(C)(C)C)c1nccc2cc(NC(C(=O)NCc3cccc([N+](=O)[O-])c3)c3ccc(CCCCC(=O)O)cc3)ccc12. The van der Waals surface area contributed by atoms with Gasteiger partial charge in [0.05, 0.1) is 4.92 Å². The quantitative estimate of drug-likeness (QED) is 0.0685. The number of carbonyl (C=O) groups is 4. The lowest BCUT2D eigenvalue weighted by Crippen LogP contribution is -2.44. The smallest absolute Gasteiger partial charge is 0.425 e. The molecule has 280 valence electrons. The summed E-state index contributed by atoms with van der Waals surface area (Å²) in [5.74, 6) is -1.24. The number of hydrogen-bond donors (Lipinski definition) is 3. The molecular formula is C39H45N5O9. The van der Waals surface area contributed by atoms with Crippen LogP contribution in [0.3, 0.4) is 0 Å². The van der Waals surface area contributed by atoms with Gasteiger partial charge in [0.25, 0.3) is 5.69 Å². The molecule has 3 N–H and O–H groups in total. The first-order valence-electron chi connectivity index (χ1n) is 17.1. The molecule has 1 atom stereocenters. The molecule has 0 bridgehead atoms. The fourth-order valence-corrected chi connectivity index (χ4v) is 5.31. The molecule has 4 rings (SSSR count). The highest BCUT2D eigenvalue weighted by Crippen LogP contribution is 2.31. The summed E-state index contributed by atoms with van der Waals surface area (Å²) in [7, 11) is 0. The van der Waals surface area contributed by atoms with Crippen molar-refractivity contribution in [1.29, 1.82) is 0 Å². The maximum absolute atomic E-state index is 13.8. The van der Waals surface area contributed by atoms with E-state index >= 15 is 0 Å². The van der Waals surface area contributed by atoms with E-state index in [1.807, 2.05) is 24.3 Å². The summed E-state index contributed by atoms with van der Waals surface area (Å²) in [4.78, 5) is 67.3. The maximum Gasteiger partial charge on any atom is 0.425 e. The standard InChI is InChI=1S/C39H45N5O9/c1-38(2,3)52-36(48)43(37(49)53-39(4,5)6)34-31-19-18-29(23-28(31)20-21-40-34)42-33(27-16-14-25(15-17-27)10-7-8-13-32(45)46)35(47)41-24-26-11-9-12-30(22-26)44(50)51/h9,11-12,14-23,33,42H,7-8,10,13,24H2,1-6H3,(H,41,47)(H,45,46). The van der Waals surface area contributed by atoms with Crippen molar-refractivity contribution in [2.75, 3.05) is 10.2 Å². The summed E-state index contributed by atoms with van der Waals surface area (Å²) in [6.45, 7) is 10.1. The Kier molecular flexibility index (Phi) is 12.7. The van der Waals surface area contributed by atoms with E-state index in [1.54, 1.807) is 77.9 Å². The summed E-state index contributed by atoms with van der Waals surface area (Å²) in [6, 6.07) is 19.3. The number of aryl methyl sites for hydroxylation is 1. The monoisotopic (exact) mass is 727 g/mol. The van der Waals surface area contributed by atoms with Crippen LogP contribution in [0.15, 0.2) is 79.0 Å². The minimum Gasteiger partial charge on any atom is -0.481 e. The molecule has 0 saturated heterocycles. The van der Waals surface area contributed by atoms with Crippen molar-refractivity contribution < 1.29 is 38.7 Å². The molecule has 0 aliphatic heterocycles. The highest BCUT2D eigenvalue weighted by molar-refractivity contribution is 6.14. The number of aliphatic carboxylic acids is 1. The fourth-order valence-electron chi connectivity index (χ4n) is 5.31. The first kappa shape index (κ1) is 39.7. The Morgan fingerprint density at radius 1 is 0.868 bits per heavy atom. The number of nitro groups is 1. The van der Waals surface area contributed by atoms with E-state index in [-0.39, 0.29) is 24.5 Å². The largest absolute Gasteiger partial charge is 0.481 e. The number of amides is 3. The number of rotatable bonds is 13. The van der Waals surface area contributed by atoms with Gasteiger partial charge in [0.2, 0.25) is 5.91 Å². The topological polar surface area (TPSA) is 190 Å². The number of carboxylic acid groups (broad SMARTS) is 1. The first-order valence-corrected chi connectivity index (χ1v) is 17.1. The third-order valence-corrected chi connectivity index (χ3v) is 7.69. The summed E-state index contributed by atoms with van der Waals surface area (Å²) in [5.41, 5.74) is 0.780. The average Bonchev–Trinajstić information content (AvgIpc) is 3.07. The number of nitro benzene ring substituents is 1. The number of non-ortho nitro benzene ring substituents is 1. The highest BCUT2D eigenvalue weighted by Gasteiger charge is 2.34. The van der Waals surface area contributed by atoms with Crippen molar-refractivity contribution >= 4 is 52.0 Å². The van der Waals surface area contributed by atoms with Gasteiger partial charge in [-0.15, -0.1) is 0 Å². The average molecular weight is 728 g/mol. The van der Waals surface area contributed by atoms with Crippen molar-refractivity contribution in [2.24, 2.45) is 0 Å². The maximum atomic E-state index is 13.8. The molecule has 3 amide bonds. The van der Waals surface area contributed by atoms with Crippen LogP contribution in [0.5, 0.6) is 0 Å². The molecule has 1 heterocycles. The fraction of sp³-hybridized carbons (Fsp3) is 0.359. The van der Waals surface area contributed by atoms with Crippen LogP contribution in [0.1, 0.15) is 83.5 Å². The number of anilines is 2. The van der Waals surface area contributed by atoms with Gasteiger partial charge in [-0.05, 0) is 107 Å². The molecule has 53 heavy (non-hydrogen) atoms. The van der Waals surface area contributed by atoms with Gasteiger partial charge in [0, 0.05) is 42.4 Å². The summed E-state index contributed by atoms with van der Waals surface area (Å²) >= 11 is 0. The molecule has 14 nitrogen and oxygen atoms in total. The third kappa shape index (κ3) is 11.7. The van der Waals surface area contributed by atoms with Crippen LogP contribution in [-0.4, -0.2) is 50.3 Å². The summed E-state index contributed by atoms with van der Waals surface area (Å²) in [5, 5.41) is 27.4. The Labute approximate surface area is 307 Å². The van der Waals surface area contributed by atoms with Gasteiger partial charge in [0.1, 0.15) is 17.2 Å². The van der Waals surface area contributed by atoms with E-state index in [2.05, 4.69) is 15.6 Å². The van der Waals surface area contributed by atoms with Crippen molar-refractivity contribution in [3.05, 3.63) is 106 Å². The van der Waals surface area contributed by atoms with Gasteiger partial charge in [0.15, 0.2) is 5.82 Å². The predicted octanol–water partition coefficient (Wildman–Crippen LogP) is 8.09. The van der Waals surface area contributed by atoms with Crippen LogP contribution < -0.4 is 15.5 Å². The zero-order valence-corrected chi connectivity index (χ0v) is 30.7. The summed E-state index contributed by atoms with van der Waals surface area (Å²) < 4.78 is 11.1. The van der Waals surface area contributed by atoms with Gasteiger partial charge < -0.3 is 25.2 Å². The van der Waals surface area contributed by atoms with Crippen LogP contribution in [0, 0.1) is 10.1 Å². The Morgan fingerprint density at radius 2 is 1.53 bits per heavy atom. The number of fused-ring (bicyclic) bond motifs is 1. The van der Waals surface area contributed by atoms with E-state index in [0.29, 0.717) is 46.8 Å². The number of carboxylic acids is 1. The zero-order chi connectivity index (χ0) is 38.9. The Morgan fingerprint density at radius 3 is 2.13 bits per heavy atom. The predicted molar refractivity (Wildman–Crippen MR) is 200 cm³/mol. The number of imide groups is 1. The van der Waals surface area contributed by atoms with Gasteiger partial charge in [-0.3, -0.25) is 19.7 Å². The number of pyridine rings is 1. The molecule has 0 aliphatic carbocycles. The number of benzene rings is 3. The van der Waals surface area contributed by atoms with Gasteiger partial charge in [-0.2, -0.15) is 4.90 Å². The molecule has 0 fully saturated rings. The second-order valence-electron chi connectivity index (χ2n) is 14.4. The van der Waals surface area contributed by atoms with E-state index in [0.717, 1.165) is 10.5 Å². The number of ether oxygens (including phenoxy) is 2. The second kappa shape index (κ2) is 17.0. The van der Waals surface area contributed by atoms with E-state index in [9.17, 15) is 29.3 Å². The van der Waals surface area contributed by atoms with Gasteiger partial charge >= 0.3 is 18.2 Å². The molecule has 0 aliphatic rings. The zero-order valence-electron chi connectivity index (χ0n) is 30.7. The van der Waals surface area contributed by atoms with Crippen LogP contribution in [0.2, 0.25) is 0 Å². The highest BCUT2D eigenvalue weighted by atomic mass is 16.6. The molecule has 0 spiro atoms. The molecule has 0 radical (unpaired) electrons. The molecule has 3 aromatic carbocycles. The molecule has 1 aromatic heterocycles. The normalized spacial score (nSPS) is 12.0. The summed E-state index contributed by atoms with van der Waals surface area (Å²) in [6.07, 6.45) is 1.55. The second-order valence-corrected chi connectivity index (χ2v) is 14.4. The minimum absolute atomic E-state index is 0.00254. The Hall–Kier alpha value is -6.05. The van der Waals surface area contributed by atoms with Crippen LogP contribution >= 0.6 is 0 Å². The number of nitrogens with one attached hydrogen (secondary N) is 2. The van der Waals surface area contributed by atoms with Crippen molar-refractivity contribution in [3.8, 4) is 0 Å². The Balaban J connectivity index is 1.66. The number of aromatic nitrogens is 1. The van der Waals surface area contributed by atoms with Crippen LogP contribution in [0.4, 0.5) is 26.8 Å². The lowest BCUT2D eigenvalue weighted by Gasteiger charge is -2.28. The lowest BCUT2D eigenvalue weighted by atomic mass is 10.0. The van der Waals surface area contributed by atoms with E-state index in [1.165, 1.54) is 18.3 Å².